The summed E-state index contributed by atoms with van der Waals surface area (Å²) in [6, 6.07) is 8.00. The minimum absolute atomic E-state index is 0.0510. The Labute approximate surface area is 167 Å². The Bertz CT molecular complexity index is 737. The molecule has 1 N–H and O–H groups in total. The lowest BCUT2D eigenvalue weighted by molar-refractivity contribution is -0.138. The number of unbranched alkanes of at least 4 members (excludes halogenated alkanes) is 2. The van der Waals surface area contributed by atoms with Crippen LogP contribution in [-0.4, -0.2) is 71.8 Å². The summed E-state index contributed by atoms with van der Waals surface area (Å²) in [5.74, 6) is -0.0510. The van der Waals surface area contributed by atoms with E-state index in [0.717, 1.165) is 44.5 Å². The van der Waals surface area contributed by atoms with Crippen LogP contribution in [0.2, 0.25) is 0 Å². The number of imide groups is 1. The quantitative estimate of drug-likeness (QED) is 0.788. The number of carbonyl (C=O) groups excluding carboxylic acids is 2. The van der Waals surface area contributed by atoms with Crippen molar-refractivity contribution in [1.82, 2.24) is 20.0 Å². The standard InChI is InChI=1S/C21H31N5O2/c1-4-5-6-12-26-19(27)17-18(23(3)21(26)28)22-20-24(13-7-14-25(17)20)16-10-8-15(2)9-11-16/h8-11,17-18,20,22H,4-7,12-14H2,1-3H3. The Morgan fingerprint density at radius 3 is 2.57 bits per heavy atom. The van der Waals surface area contributed by atoms with Gasteiger partial charge in [0.25, 0.3) is 5.91 Å². The van der Waals surface area contributed by atoms with E-state index < -0.39 is 0 Å². The average molecular weight is 386 g/mol. The molecule has 3 atom stereocenters. The van der Waals surface area contributed by atoms with E-state index in [1.165, 1.54) is 10.5 Å². The molecule has 0 spiro atoms. The summed E-state index contributed by atoms with van der Waals surface area (Å²) in [4.78, 5) is 33.8. The Morgan fingerprint density at radius 2 is 1.86 bits per heavy atom. The number of hydrogen-bond donors (Lipinski definition) is 1. The van der Waals surface area contributed by atoms with Crippen molar-refractivity contribution in [3.8, 4) is 0 Å². The smallest absolute Gasteiger partial charge is 0.327 e. The fraction of sp³-hybridized carbons (Fsp3) is 0.619. The van der Waals surface area contributed by atoms with E-state index in [4.69, 9.17) is 0 Å². The van der Waals surface area contributed by atoms with Gasteiger partial charge in [0.2, 0.25) is 0 Å². The van der Waals surface area contributed by atoms with E-state index in [2.05, 4.69) is 53.2 Å². The molecule has 3 amide bonds. The van der Waals surface area contributed by atoms with Crippen molar-refractivity contribution in [3.05, 3.63) is 29.8 Å². The summed E-state index contributed by atoms with van der Waals surface area (Å²) in [6.45, 7) is 6.52. The number of carbonyl (C=O) groups is 2. The Balaban J connectivity index is 1.58. The van der Waals surface area contributed by atoms with Crippen LogP contribution in [0.15, 0.2) is 24.3 Å². The van der Waals surface area contributed by atoms with Gasteiger partial charge >= 0.3 is 6.03 Å². The van der Waals surface area contributed by atoms with Gasteiger partial charge in [-0.15, -0.1) is 0 Å². The van der Waals surface area contributed by atoms with Crippen molar-refractivity contribution in [3.63, 3.8) is 0 Å². The predicted molar refractivity (Wildman–Crippen MR) is 109 cm³/mol. The molecule has 0 aromatic heterocycles. The summed E-state index contributed by atoms with van der Waals surface area (Å²) in [5, 5.41) is 3.57. The molecule has 152 valence electrons. The van der Waals surface area contributed by atoms with Crippen LogP contribution in [0, 0.1) is 6.92 Å². The molecule has 3 saturated heterocycles. The highest BCUT2D eigenvalue weighted by Crippen LogP contribution is 2.33. The highest BCUT2D eigenvalue weighted by Gasteiger charge is 2.55. The maximum atomic E-state index is 13.3. The topological polar surface area (TPSA) is 59.1 Å². The van der Waals surface area contributed by atoms with E-state index in [-0.39, 0.29) is 30.4 Å². The molecular weight excluding hydrogens is 354 g/mol. The third-order valence-corrected chi connectivity index (χ3v) is 6.22. The molecule has 7 nitrogen and oxygen atoms in total. The average Bonchev–Trinajstić information content (AvgIpc) is 3.09. The summed E-state index contributed by atoms with van der Waals surface area (Å²) < 4.78 is 0. The van der Waals surface area contributed by atoms with Crippen molar-refractivity contribution in [2.75, 3.05) is 31.6 Å². The van der Waals surface area contributed by atoms with Gasteiger partial charge in [0, 0.05) is 32.4 Å². The Morgan fingerprint density at radius 1 is 1.11 bits per heavy atom. The fourth-order valence-corrected chi connectivity index (χ4v) is 4.65. The highest BCUT2D eigenvalue weighted by molar-refractivity contribution is 6.00. The number of amides is 3. The van der Waals surface area contributed by atoms with Gasteiger partial charge in [-0.1, -0.05) is 37.5 Å². The zero-order valence-corrected chi connectivity index (χ0v) is 17.1. The number of likely N-dealkylation sites (N-methyl/N-ethyl adjacent to an activating group) is 1. The Hall–Kier alpha value is -2.12. The maximum Gasteiger partial charge on any atom is 0.327 e. The Kier molecular flexibility index (Phi) is 5.29. The van der Waals surface area contributed by atoms with Crippen LogP contribution in [0.5, 0.6) is 0 Å². The van der Waals surface area contributed by atoms with Gasteiger partial charge < -0.3 is 9.80 Å². The van der Waals surface area contributed by atoms with Gasteiger partial charge in [0.05, 0.1) is 0 Å². The molecule has 0 radical (unpaired) electrons. The maximum absolute atomic E-state index is 13.3. The summed E-state index contributed by atoms with van der Waals surface area (Å²) in [7, 11) is 1.81. The zero-order chi connectivity index (χ0) is 19.8. The number of benzene rings is 1. The number of aryl methyl sites for hydroxylation is 1. The third-order valence-electron chi connectivity index (χ3n) is 6.22. The number of nitrogens with zero attached hydrogens (tertiary/aromatic N) is 4. The van der Waals surface area contributed by atoms with Gasteiger partial charge in [-0.05, 0) is 31.9 Å². The largest absolute Gasteiger partial charge is 0.343 e. The molecule has 3 heterocycles. The van der Waals surface area contributed by atoms with Crippen molar-refractivity contribution >= 4 is 17.6 Å². The van der Waals surface area contributed by atoms with E-state index in [1.54, 1.807) is 11.9 Å². The fourth-order valence-electron chi connectivity index (χ4n) is 4.65. The molecule has 3 aliphatic heterocycles. The molecule has 0 saturated carbocycles. The number of rotatable bonds is 5. The third kappa shape index (κ3) is 3.16. The van der Waals surface area contributed by atoms with Crippen LogP contribution in [0.25, 0.3) is 0 Å². The monoisotopic (exact) mass is 385 g/mol. The van der Waals surface area contributed by atoms with E-state index >= 15 is 0 Å². The normalized spacial score (nSPS) is 28.0. The minimum atomic E-state index is -0.317. The molecule has 0 aliphatic carbocycles. The number of fused-ring (bicyclic) bond motifs is 3. The predicted octanol–water partition coefficient (Wildman–Crippen LogP) is 2.17. The first kappa shape index (κ1) is 19.2. The van der Waals surface area contributed by atoms with Crippen molar-refractivity contribution in [2.24, 2.45) is 0 Å². The minimum Gasteiger partial charge on any atom is -0.343 e. The van der Waals surface area contributed by atoms with Crippen LogP contribution < -0.4 is 10.2 Å². The van der Waals surface area contributed by atoms with Gasteiger partial charge in [-0.25, -0.2) is 4.79 Å². The number of anilines is 1. The van der Waals surface area contributed by atoms with Crippen molar-refractivity contribution in [2.45, 2.75) is 58.0 Å². The first-order chi connectivity index (χ1) is 13.5. The molecule has 3 fully saturated rings. The lowest BCUT2D eigenvalue weighted by atomic mass is 10.1. The first-order valence-corrected chi connectivity index (χ1v) is 10.5. The van der Waals surface area contributed by atoms with Gasteiger partial charge in [-0.3, -0.25) is 19.9 Å². The molecule has 3 aliphatic rings. The van der Waals surface area contributed by atoms with Crippen LogP contribution in [-0.2, 0) is 4.79 Å². The lowest BCUT2D eigenvalue weighted by Gasteiger charge is -2.44. The van der Waals surface area contributed by atoms with Crippen molar-refractivity contribution < 1.29 is 9.59 Å². The second-order valence-electron chi connectivity index (χ2n) is 8.14. The molecule has 3 unspecified atom stereocenters. The molecule has 0 bridgehead atoms. The van der Waals surface area contributed by atoms with Crippen LogP contribution in [0.1, 0.15) is 38.2 Å². The molecular formula is C21H31N5O2. The lowest BCUT2D eigenvalue weighted by Crippen LogP contribution is -2.66. The zero-order valence-electron chi connectivity index (χ0n) is 17.1. The first-order valence-electron chi connectivity index (χ1n) is 10.5. The van der Waals surface area contributed by atoms with Gasteiger partial charge in [-0.2, -0.15) is 0 Å². The highest BCUT2D eigenvalue weighted by atomic mass is 16.2. The molecule has 1 aromatic carbocycles. The van der Waals surface area contributed by atoms with Crippen LogP contribution in [0.4, 0.5) is 10.5 Å². The van der Waals surface area contributed by atoms with Gasteiger partial charge in [0.1, 0.15) is 18.5 Å². The molecule has 1 aromatic rings. The van der Waals surface area contributed by atoms with Gasteiger partial charge in [0.15, 0.2) is 0 Å². The number of urea groups is 1. The van der Waals surface area contributed by atoms with Crippen molar-refractivity contribution in [1.29, 1.82) is 0 Å². The molecule has 7 heteroatoms. The van der Waals surface area contributed by atoms with E-state index in [9.17, 15) is 9.59 Å². The summed E-state index contributed by atoms with van der Waals surface area (Å²) >= 11 is 0. The molecule has 4 rings (SSSR count). The number of nitrogens with one attached hydrogen (secondary N) is 1. The SMILES string of the molecule is CCCCCN1C(=O)C2C(NC3N(c4ccc(C)cc4)CCCN23)N(C)C1=O. The second kappa shape index (κ2) is 7.72. The summed E-state index contributed by atoms with van der Waals surface area (Å²) in [6.07, 6.45) is 3.61. The van der Waals surface area contributed by atoms with E-state index in [0.29, 0.717) is 6.54 Å². The van der Waals surface area contributed by atoms with Crippen LogP contribution >= 0.6 is 0 Å². The molecule has 28 heavy (non-hydrogen) atoms. The second-order valence-corrected chi connectivity index (χ2v) is 8.14. The summed E-state index contributed by atoms with van der Waals surface area (Å²) in [5.41, 5.74) is 2.38. The number of hydrogen-bond acceptors (Lipinski definition) is 5. The van der Waals surface area contributed by atoms with Crippen LogP contribution in [0.3, 0.4) is 0 Å². The van der Waals surface area contributed by atoms with E-state index in [1.807, 2.05) is 0 Å².